The zero-order valence-corrected chi connectivity index (χ0v) is 15.0. The Balaban J connectivity index is 1.97. The van der Waals surface area contributed by atoms with Crippen molar-refractivity contribution in [3.05, 3.63) is 46.9 Å². The van der Waals surface area contributed by atoms with Crippen molar-refractivity contribution in [3.8, 4) is 5.75 Å². The van der Waals surface area contributed by atoms with Gasteiger partial charge in [-0.2, -0.15) is 0 Å². The van der Waals surface area contributed by atoms with E-state index in [1.807, 2.05) is 6.07 Å². The van der Waals surface area contributed by atoms with E-state index in [-0.39, 0.29) is 0 Å². The molecule has 0 bridgehead atoms. The Morgan fingerprint density at radius 2 is 1.79 bits per heavy atom. The van der Waals surface area contributed by atoms with Gasteiger partial charge in [0.05, 0.1) is 18.9 Å². The summed E-state index contributed by atoms with van der Waals surface area (Å²) in [6.45, 7) is 4.16. The average Bonchev–Trinajstić information content (AvgIpc) is 2.64. The van der Waals surface area contributed by atoms with Crippen LogP contribution in [-0.2, 0) is 0 Å². The third-order valence-corrected chi connectivity index (χ3v) is 5.37. The van der Waals surface area contributed by atoms with Gasteiger partial charge in [0.25, 0.3) is 0 Å². The minimum atomic E-state index is 0.540. The normalized spacial score (nSPS) is 14.3. The quantitative estimate of drug-likeness (QED) is 0.676. The molecular formula is C19H22N3OS+. The van der Waals surface area contributed by atoms with Crippen LogP contribution in [0.4, 0.5) is 11.4 Å². The fraction of sp³-hybridized carbons (Fsp3) is 0.368. The first kappa shape index (κ1) is 16.7. The first-order valence-electron chi connectivity index (χ1n) is 8.28. The van der Waals surface area contributed by atoms with Gasteiger partial charge < -0.3 is 9.64 Å². The topological polar surface area (TPSA) is 40.6 Å². The number of anilines is 1. The molecule has 1 saturated heterocycles. The van der Waals surface area contributed by atoms with Crippen molar-refractivity contribution in [2.45, 2.75) is 36.0 Å². The number of piperidine rings is 1. The Labute approximate surface area is 147 Å². The van der Waals surface area contributed by atoms with Crippen molar-refractivity contribution in [3.63, 3.8) is 0 Å². The molecule has 2 aromatic carbocycles. The minimum absolute atomic E-state index is 0.540. The molecular weight excluding hydrogens is 318 g/mol. The zero-order valence-electron chi connectivity index (χ0n) is 14.2. The predicted molar refractivity (Wildman–Crippen MR) is 99.1 cm³/mol. The summed E-state index contributed by atoms with van der Waals surface area (Å²) in [4.78, 5) is 7.88. The number of benzene rings is 2. The SMILES string of the molecule is COc1cc([N+]#N)c(Sc2ccc(C)cc2)cc1N1CCCCC1. The molecule has 0 aliphatic carbocycles. The smallest absolute Gasteiger partial charge is 0.402 e. The molecule has 0 saturated carbocycles. The van der Waals surface area contributed by atoms with Crippen molar-refractivity contribution >= 4 is 23.1 Å². The van der Waals surface area contributed by atoms with Gasteiger partial charge in [-0.15, -0.1) is 0 Å². The molecule has 3 rings (SSSR count). The molecule has 0 N–H and O–H groups in total. The number of rotatable bonds is 4. The largest absolute Gasteiger partial charge is 0.494 e. The summed E-state index contributed by atoms with van der Waals surface area (Å²) in [5, 5.41) is 9.40. The van der Waals surface area contributed by atoms with Crippen LogP contribution in [0.5, 0.6) is 5.75 Å². The van der Waals surface area contributed by atoms with Crippen molar-refractivity contribution in [1.82, 2.24) is 0 Å². The molecule has 4 nitrogen and oxygen atoms in total. The van der Waals surface area contributed by atoms with E-state index in [2.05, 4.69) is 47.1 Å². The molecule has 124 valence electrons. The van der Waals surface area contributed by atoms with E-state index >= 15 is 0 Å². The number of methoxy groups -OCH3 is 1. The maximum atomic E-state index is 9.40. The van der Waals surface area contributed by atoms with Gasteiger partial charge in [-0.05, 0) is 44.4 Å². The van der Waals surface area contributed by atoms with E-state index in [9.17, 15) is 5.39 Å². The third-order valence-electron chi connectivity index (χ3n) is 4.31. The fourth-order valence-electron chi connectivity index (χ4n) is 2.98. The van der Waals surface area contributed by atoms with Crippen LogP contribution in [0.25, 0.3) is 4.98 Å². The van der Waals surface area contributed by atoms with Crippen molar-refractivity contribution in [2.24, 2.45) is 0 Å². The van der Waals surface area contributed by atoms with E-state index in [1.54, 1.807) is 18.9 Å². The molecule has 5 heteroatoms. The van der Waals surface area contributed by atoms with E-state index in [0.29, 0.717) is 5.69 Å². The number of hydrogen-bond acceptors (Lipinski definition) is 4. The number of nitrogens with zero attached hydrogens (tertiary/aromatic N) is 3. The van der Waals surface area contributed by atoms with E-state index in [4.69, 9.17) is 4.74 Å². The molecule has 0 aromatic heterocycles. The van der Waals surface area contributed by atoms with Gasteiger partial charge in [0, 0.05) is 18.0 Å². The van der Waals surface area contributed by atoms with Crippen LogP contribution in [0, 0.1) is 12.3 Å². The maximum absolute atomic E-state index is 9.40. The molecule has 1 aliphatic heterocycles. The van der Waals surface area contributed by atoms with Gasteiger partial charge in [0.1, 0.15) is 10.6 Å². The summed E-state index contributed by atoms with van der Waals surface area (Å²) in [6.07, 6.45) is 3.69. The Morgan fingerprint density at radius 1 is 1.08 bits per heavy atom. The standard InChI is InChI=1S/C19H22N3OS/c1-14-6-8-15(9-7-14)24-19-13-17(22-10-4-3-5-11-22)18(23-2)12-16(19)21-20/h6-9,12-13H,3-5,10-11H2,1-2H3/q+1. The van der Waals surface area contributed by atoms with Gasteiger partial charge >= 0.3 is 5.69 Å². The van der Waals surface area contributed by atoms with Crippen LogP contribution < -0.4 is 9.64 Å². The van der Waals surface area contributed by atoms with Gasteiger partial charge in [-0.3, -0.25) is 0 Å². The van der Waals surface area contributed by atoms with Crippen LogP contribution in [-0.4, -0.2) is 20.2 Å². The first-order chi connectivity index (χ1) is 11.7. The molecule has 1 fully saturated rings. The molecule has 24 heavy (non-hydrogen) atoms. The Hall–Kier alpha value is -2.19. The second-order valence-electron chi connectivity index (χ2n) is 6.05. The Morgan fingerprint density at radius 3 is 2.42 bits per heavy atom. The summed E-state index contributed by atoms with van der Waals surface area (Å²) in [7, 11) is 1.66. The molecule has 0 radical (unpaired) electrons. The van der Waals surface area contributed by atoms with Crippen LogP contribution in [0.15, 0.2) is 46.2 Å². The Kier molecular flexibility index (Phi) is 5.27. The van der Waals surface area contributed by atoms with Crippen LogP contribution in [0.1, 0.15) is 24.8 Å². The highest BCUT2D eigenvalue weighted by molar-refractivity contribution is 7.99. The first-order valence-corrected chi connectivity index (χ1v) is 9.09. The second kappa shape index (κ2) is 7.59. The lowest BCUT2D eigenvalue weighted by molar-refractivity contribution is 0.412. The number of aryl methyl sites for hydroxylation is 1. The van der Waals surface area contributed by atoms with Gasteiger partial charge in [-0.1, -0.05) is 29.5 Å². The number of hydrogen-bond donors (Lipinski definition) is 0. The van der Waals surface area contributed by atoms with Crippen molar-refractivity contribution in [2.75, 3.05) is 25.1 Å². The van der Waals surface area contributed by atoms with E-state index in [0.717, 1.165) is 34.3 Å². The molecule has 0 unspecified atom stereocenters. The highest BCUT2D eigenvalue weighted by Crippen LogP contribution is 2.43. The van der Waals surface area contributed by atoms with Crippen molar-refractivity contribution in [1.29, 1.82) is 5.39 Å². The van der Waals surface area contributed by atoms with E-state index in [1.165, 1.54) is 24.8 Å². The van der Waals surface area contributed by atoms with Crippen molar-refractivity contribution < 1.29 is 4.74 Å². The third kappa shape index (κ3) is 3.65. The average molecular weight is 340 g/mol. The lowest BCUT2D eigenvalue weighted by Crippen LogP contribution is -2.29. The highest BCUT2D eigenvalue weighted by atomic mass is 32.2. The second-order valence-corrected chi connectivity index (χ2v) is 7.17. The van der Waals surface area contributed by atoms with Crippen LogP contribution in [0.3, 0.4) is 0 Å². The lowest BCUT2D eigenvalue weighted by atomic mass is 10.1. The highest BCUT2D eigenvalue weighted by Gasteiger charge is 2.23. The summed E-state index contributed by atoms with van der Waals surface area (Å²) in [6, 6.07) is 12.3. The maximum Gasteiger partial charge on any atom is 0.402 e. The molecule has 0 spiro atoms. The fourth-order valence-corrected chi connectivity index (χ4v) is 3.88. The van der Waals surface area contributed by atoms with Crippen LogP contribution >= 0.6 is 11.8 Å². The zero-order chi connectivity index (χ0) is 16.9. The molecule has 2 aromatic rings. The number of diazo groups is 1. The summed E-state index contributed by atoms with van der Waals surface area (Å²) < 4.78 is 5.54. The predicted octanol–water partition coefficient (Wildman–Crippen LogP) is 5.63. The lowest BCUT2D eigenvalue weighted by Gasteiger charge is -2.30. The molecule has 1 aliphatic rings. The summed E-state index contributed by atoms with van der Waals surface area (Å²) in [5.74, 6) is 0.762. The molecule has 0 amide bonds. The summed E-state index contributed by atoms with van der Waals surface area (Å²) in [5.41, 5.74) is 2.85. The minimum Gasteiger partial charge on any atom is -0.494 e. The van der Waals surface area contributed by atoms with Crippen LogP contribution in [0.2, 0.25) is 0 Å². The molecule has 1 heterocycles. The molecule has 0 atom stereocenters. The Bertz CT molecular complexity index is 746. The monoisotopic (exact) mass is 340 g/mol. The van der Waals surface area contributed by atoms with E-state index < -0.39 is 0 Å². The van der Waals surface area contributed by atoms with Gasteiger partial charge in [-0.25, -0.2) is 0 Å². The van der Waals surface area contributed by atoms with Gasteiger partial charge in [0.15, 0.2) is 4.98 Å². The summed E-state index contributed by atoms with van der Waals surface area (Å²) >= 11 is 1.61. The van der Waals surface area contributed by atoms with Gasteiger partial charge in [0.2, 0.25) is 5.39 Å². The number of ether oxygens (including phenoxy) is 1.